The monoisotopic (exact) mass is 280 g/mol. The molecule has 0 amide bonds. The molecule has 2 atom stereocenters. The summed E-state index contributed by atoms with van der Waals surface area (Å²) in [5, 5.41) is 4.03. The number of aromatic nitrogens is 2. The minimum atomic E-state index is -0.235. The van der Waals surface area contributed by atoms with Gasteiger partial charge in [0, 0.05) is 13.5 Å². The Morgan fingerprint density at radius 1 is 1.30 bits per heavy atom. The zero-order valence-electron chi connectivity index (χ0n) is 12.8. The van der Waals surface area contributed by atoms with Crippen molar-refractivity contribution in [1.82, 2.24) is 10.1 Å². The van der Waals surface area contributed by atoms with Crippen LogP contribution in [0.1, 0.15) is 76.6 Å². The van der Waals surface area contributed by atoms with Crippen molar-refractivity contribution >= 4 is 5.78 Å². The van der Waals surface area contributed by atoms with Crippen molar-refractivity contribution in [2.45, 2.75) is 64.9 Å². The zero-order valence-corrected chi connectivity index (χ0v) is 12.8. The molecule has 112 valence electrons. The van der Waals surface area contributed by atoms with E-state index < -0.39 is 0 Å². The molecule has 20 heavy (non-hydrogen) atoms. The summed E-state index contributed by atoms with van der Waals surface area (Å²) in [4.78, 5) is 16.5. The summed E-state index contributed by atoms with van der Waals surface area (Å²) >= 11 is 0. The first kappa shape index (κ1) is 15.2. The summed E-state index contributed by atoms with van der Waals surface area (Å²) in [5.41, 5.74) is -0.122. The van der Waals surface area contributed by atoms with E-state index in [4.69, 9.17) is 9.26 Å². The normalized spacial score (nSPS) is 22.6. The van der Waals surface area contributed by atoms with Gasteiger partial charge in [0.1, 0.15) is 11.9 Å². The molecule has 5 heteroatoms. The molecular weight excluding hydrogens is 256 g/mol. The Bertz CT molecular complexity index is 462. The van der Waals surface area contributed by atoms with E-state index in [1.807, 2.05) is 0 Å². The van der Waals surface area contributed by atoms with Gasteiger partial charge in [0.15, 0.2) is 0 Å². The van der Waals surface area contributed by atoms with Crippen LogP contribution in [-0.2, 0) is 9.53 Å². The number of Topliss-reactive ketones (excluding diaryl/α,β-unsaturated/α-hetero) is 1. The second-order valence-corrected chi connectivity index (χ2v) is 6.59. The van der Waals surface area contributed by atoms with Crippen LogP contribution in [0.2, 0.25) is 0 Å². The van der Waals surface area contributed by atoms with Gasteiger partial charge in [0.2, 0.25) is 11.7 Å². The smallest absolute Gasteiger partial charge is 0.237 e. The molecule has 1 aliphatic rings. The van der Waals surface area contributed by atoms with Crippen LogP contribution in [0.15, 0.2) is 4.52 Å². The molecule has 0 aliphatic heterocycles. The third-order valence-corrected chi connectivity index (χ3v) is 3.82. The van der Waals surface area contributed by atoms with Crippen LogP contribution in [0.4, 0.5) is 0 Å². The lowest BCUT2D eigenvalue weighted by molar-refractivity contribution is -0.120. The van der Waals surface area contributed by atoms with Crippen LogP contribution >= 0.6 is 0 Å². The number of methoxy groups -OCH3 is 1. The quantitative estimate of drug-likeness (QED) is 0.794. The van der Waals surface area contributed by atoms with Gasteiger partial charge in [-0.15, -0.1) is 0 Å². The largest absolute Gasteiger partial charge is 0.373 e. The Morgan fingerprint density at radius 2 is 2.05 bits per heavy atom. The highest BCUT2D eigenvalue weighted by Crippen LogP contribution is 2.35. The first-order chi connectivity index (χ1) is 9.43. The van der Waals surface area contributed by atoms with E-state index in [0.29, 0.717) is 18.1 Å². The van der Waals surface area contributed by atoms with Crippen LogP contribution in [-0.4, -0.2) is 23.0 Å². The van der Waals surface area contributed by atoms with Gasteiger partial charge in [-0.2, -0.15) is 4.98 Å². The number of ketones is 1. The Labute approximate surface area is 120 Å². The minimum absolute atomic E-state index is 0.122. The molecule has 0 spiro atoms. The van der Waals surface area contributed by atoms with Crippen molar-refractivity contribution in [1.29, 1.82) is 0 Å². The zero-order chi connectivity index (χ0) is 14.8. The van der Waals surface area contributed by atoms with Crippen LogP contribution in [0.25, 0.3) is 0 Å². The summed E-state index contributed by atoms with van der Waals surface area (Å²) in [6.07, 6.45) is 4.32. The lowest BCUT2D eigenvalue weighted by Gasteiger charge is -2.26. The molecule has 2 unspecified atom stereocenters. The standard InChI is InChI=1S/C15H24N2O3/c1-15(2,3)12(19-4)13-16-14(20-17-13)10-8-6-5-7-9-11(10)18/h10,12H,5-9H2,1-4H3. The van der Waals surface area contributed by atoms with E-state index in [9.17, 15) is 4.79 Å². The number of hydrogen-bond acceptors (Lipinski definition) is 5. The maximum absolute atomic E-state index is 12.1. The molecule has 1 fully saturated rings. The van der Waals surface area contributed by atoms with Crippen molar-refractivity contribution in [3.63, 3.8) is 0 Å². The van der Waals surface area contributed by atoms with Crippen LogP contribution < -0.4 is 0 Å². The first-order valence-electron chi connectivity index (χ1n) is 7.32. The Morgan fingerprint density at radius 3 is 2.70 bits per heavy atom. The van der Waals surface area contributed by atoms with E-state index in [1.165, 1.54) is 0 Å². The predicted octanol–water partition coefficient (Wildman–Crippen LogP) is 3.42. The average molecular weight is 280 g/mol. The molecule has 0 saturated heterocycles. The summed E-state index contributed by atoms with van der Waals surface area (Å²) in [5.74, 6) is 0.990. The van der Waals surface area contributed by atoms with Gasteiger partial charge in [-0.1, -0.05) is 38.8 Å². The van der Waals surface area contributed by atoms with Gasteiger partial charge in [-0.25, -0.2) is 0 Å². The van der Waals surface area contributed by atoms with Crippen molar-refractivity contribution < 1.29 is 14.1 Å². The molecule has 1 heterocycles. The van der Waals surface area contributed by atoms with Gasteiger partial charge in [0.05, 0.1) is 5.92 Å². The fourth-order valence-corrected chi connectivity index (χ4v) is 2.76. The van der Waals surface area contributed by atoms with E-state index in [2.05, 4.69) is 30.9 Å². The van der Waals surface area contributed by atoms with Crippen molar-refractivity contribution in [2.75, 3.05) is 7.11 Å². The maximum atomic E-state index is 12.1. The third-order valence-electron chi connectivity index (χ3n) is 3.82. The fraction of sp³-hybridized carbons (Fsp3) is 0.800. The van der Waals surface area contributed by atoms with Crippen LogP contribution in [0.5, 0.6) is 0 Å². The number of hydrogen-bond donors (Lipinski definition) is 0. The number of nitrogens with zero attached hydrogens (tertiary/aromatic N) is 2. The van der Waals surface area contributed by atoms with Gasteiger partial charge in [0.25, 0.3) is 0 Å². The molecule has 1 aliphatic carbocycles. The lowest BCUT2D eigenvalue weighted by atomic mass is 9.88. The molecule has 0 N–H and O–H groups in total. The molecule has 0 bridgehead atoms. The van der Waals surface area contributed by atoms with Crippen molar-refractivity contribution in [2.24, 2.45) is 5.41 Å². The molecule has 1 aromatic rings. The van der Waals surface area contributed by atoms with E-state index >= 15 is 0 Å². The minimum Gasteiger partial charge on any atom is -0.373 e. The molecule has 1 aromatic heterocycles. The number of carbonyl (C=O) groups excluding carboxylic acids is 1. The van der Waals surface area contributed by atoms with Crippen LogP contribution in [0, 0.1) is 5.41 Å². The average Bonchev–Trinajstić information content (AvgIpc) is 2.71. The fourth-order valence-electron chi connectivity index (χ4n) is 2.76. The summed E-state index contributed by atoms with van der Waals surface area (Å²) < 4.78 is 10.8. The number of rotatable bonds is 3. The Kier molecular flexibility index (Phi) is 4.58. The SMILES string of the molecule is COC(c1noc(C2CCCCCC2=O)n1)C(C)(C)C. The number of carbonyl (C=O) groups is 1. The Hall–Kier alpha value is -1.23. The van der Waals surface area contributed by atoms with E-state index in [0.717, 1.165) is 25.7 Å². The molecule has 1 saturated carbocycles. The van der Waals surface area contributed by atoms with Gasteiger partial charge >= 0.3 is 0 Å². The second-order valence-electron chi connectivity index (χ2n) is 6.59. The highest BCUT2D eigenvalue weighted by molar-refractivity contribution is 5.84. The van der Waals surface area contributed by atoms with E-state index in [1.54, 1.807) is 7.11 Å². The highest BCUT2D eigenvalue weighted by Gasteiger charge is 2.33. The summed E-state index contributed by atoms with van der Waals surface area (Å²) in [7, 11) is 1.64. The van der Waals surface area contributed by atoms with Crippen LogP contribution in [0.3, 0.4) is 0 Å². The summed E-state index contributed by atoms with van der Waals surface area (Å²) in [6, 6.07) is 0. The van der Waals surface area contributed by atoms with E-state index in [-0.39, 0.29) is 23.2 Å². The highest BCUT2D eigenvalue weighted by atomic mass is 16.5. The number of ether oxygens (including phenoxy) is 1. The third kappa shape index (κ3) is 3.26. The van der Waals surface area contributed by atoms with Gasteiger partial charge in [-0.3, -0.25) is 4.79 Å². The lowest BCUT2D eigenvalue weighted by Crippen LogP contribution is -2.21. The van der Waals surface area contributed by atoms with Gasteiger partial charge in [-0.05, 0) is 18.3 Å². The maximum Gasteiger partial charge on any atom is 0.237 e. The Balaban J connectivity index is 2.21. The molecule has 0 aromatic carbocycles. The molecule has 2 rings (SSSR count). The van der Waals surface area contributed by atoms with Crippen molar-refractivity contribution in [3.8, 4) is 0 Å². The molecule has 0 radical (unpaired) electrons. The van der Waals surface area contributed by atoms with Gasteiger partial charge < -0.3 is 9.26 Å². The first-order valence-corrected chi connectivity index (χ1v) is 7.32. The van der Waals surface area contributed by atoms with Crippen molar-refractivity contribution in [3.05, 3.63) is 11.7 Å². The predicted molar refractivity (Wildman–Crippen MR) is 74.3 cm³/mol. The second kappa shape index (κ2) is 6.04. The summed E-state index contributed by atoms with van der Waals surface area (Å²) in [6.45, 7) is 6.19. The molecular formula is C15H24N2O3. The molecule has 5 nitrogen and oxygen atoms in total. The topological polar surface area (TPSA) is 65.2 Å².